The second kappa shape index (κ2) is 8.69. The Morgan fingerprint density at radius 1 is 1.28 bits per heavy atom. The molecule has 1 unspecified atom stereocenters. The summed E-state index contributed by atoms with van der Waals surface area (Å²) in [6, 6.07) is 8.18. The molecule has 1 saturated heterocycles. The van der Waals surface area contributed by atoms with Crippen LogP contribution in [0, 0.1) is 0 Å². The first-order chi connectivity index (χ1) is 12.2. The monoisotopic (exact) mass is 362 g/mol. The number of thioether (sulfide) groups is 1. The summed E-state index contributed by atoms with van der Waals surface area (Å²) >= 11 is 1.64. The predicted molar refractivity (Wildman–Crippen MR) is 98.9 cm³/mol. The van der Waals surface area contributed by atoms with Crippen molar-refractivity contribution in [2.75, 3.05) is 27.0 Å². The molecule has 6 nitrogen and oxygen atoms in total. The number of rotatable bonds is 8. The molecule has 0 bridgehead atoms. The van der Waals surface area contributed by atoms with Crippen LogP contribution in [0.3, 0.4) is 0 Å². The molecule has 25 heavy (non-hydrogen) atoms. The molecule has 1 aromatic heterocycles. The molecule has 3 rings (SSSR count). The molecule has 1 aliphatic rings. The van der Waals surface area contributed by atoms with Crippen LogP contribution in [0.25, 0.3) is 0 Å². The highest BCUT2D eigenvalue weighted by molar-refractivity contribution is 7.98. The zero-order valence-corrected chi connectivity index (χ0v) is 16.0. The molecule has 0 radical (unpaired) electrons. The molecule has 0 amide bonds. The van der Waals surface area contributed by atoms with Gasteiger partial charge in [-0.15, -0.1) is 10.2 Å². The molecule has 2 aromatic rings. The van der Waals surface area contributed by atoms with Gasteiger partial charge in [-0.1, -0.05) is 23.9 Å². The number of methoxy groups -OCH3 is 1. The average Bonchev–Trinajstić information content (AvgIpc) is 3.26. The highest BCUT2D eigenvalue weighted by atomic mass is 32.2. The van der Waals surface area contributed by atoms with E-state index in [9.17, 15) is 0 Å². The maximum atomic E-state index is 5.79. The molecule has 1 atom stereocenters. The molecular weight excluding hydrogens is 336 g/mol. The van der Waals surface area contributed by atoms with E-state index in [0.29, 0.717) is 0 Å². The molecule has 7 heteroatoms. The standard InChI is InChI=1S/C18H26N4O2S/c1-21(11-14-6-8-15(23-2)9-7-14)13-17-19-20-18(25-3)22(17)12-16-5-4-10-24-16/h6-9,16H,4-5,10-13H2,1-3H3. The van der Waals surface area contributed by atoms with Gasteiger partial charge in [-0.3, -0.25) is 4.90 Å². The van der Waals surface area contributed by atoms with Crippen molar-refractivity contribution in [2.24, 2.45) is 0 Å². The molecular formula is C18H26N4O2S. The van der Waals surface area contributed by atoms with Crippen molar-refractivity contribution in [3.8, 4) is 5.75 Å². The maximum absolute atomic E-state index is 5.79. The van der Waals surface area contributed by atoms with Crippen LogP contribution in [0.5, 0.6) is 5.75 Å². The molecule has 136 valence electrons. The summed E-state index contributed by atoms with van der Waals surface area (Å²) in [5.41, 5.74) is 1.25. The van der Waals surface area contributed by atoms with Crippen molar-refractivity contribution in [1.29, 1.82) is 0 Å². The summed E-state index contributed by atoms with van der Waals surface area (Å²) < 4.78 is 13.2. The van der Waals surface area contributed by atoms with Gasteiger partial charge >= 0.3 is 0 Å². The molecule has 1 fully saturated rings. The first-order valence-corrected chi connectivity index (χ1v) is 9.81. The van der Waals surface area contributed by atoms with E-state index < -0.39 is 0 Å². The number of benzene rings is 1. The Bertz CT molecular complexity index is 668. The van der Waals surface area contributed by atoms with Gasteiger partial charge < -0.3 is 14.0 Å². The van der Waals surface area contributed by atoms with Crippen molar-refractivity contribution in [2.45, 2.75) is 43.7 Å². The van der Waals surface area contributed by atoms with Crippen LogP contribution in [0.2, 0.25) is 0 Å². The van der Waals surface area contributed by atoms with Gasteiger partial charge in [0.25, 0.3) is 0 Å². The Morgan fingerprint density at radius 2 is 2.08 bits per heavy atom. The summed E-state index contributed by atoms with van der Waals surface area (Å²) in [6.07, 6.45) is 4.59. The van der Waals surface area contributed by atoms with Gasteiger partial charge in [-0.05, 0) is 43.8 Å². The van der Waals surface area contributed by atoms with Gasteiger partial charge in [0.1, 0.15) is 11.6 Å². The van der Waals surface area contributed by atoms with Crippen LogP contribution < -0.4 is 4.74 Å². The lowest BCUT2D eigenvalue weighted by molar-refractivity contribution is 0.0934. The van der Waals surface area contributed by atoms with Crippen LogP contribution in [0.1, 0.15) is 24.2 Å². The van der Waals surface area contributed by atoms with Crippen LogP contribution in [0.4, 0.5) is 0 Å². The molecule has 1 aromatic carbocycles. The Morgan fingerprint density at radius 3 is 2.72 bits per heavy atom. The number of ether oxygens (including phenoxy) is 2. The third kappa shape index (κ3) is 4.74. The lowest BCUT2D eigenvalue weighted by Gasteiger charge is -2.19. The third-order valence-electron chi connectivity index (χ3n) is 4.41. The molecule has 0 aliphatic carbocycles. The maximum Gasteiger partial charge on any atom is 0.191 e. The first kappa shape index (κ1) is 18.2. The normalized spacial score (nSPS) is 17.4. The Labute approximate surface area is 153 Å². The zero-order chi connectivity index (χ0) is 17.6. The fourth-order valence-corrected chi connectivity index (χ4v) is 3.63. The summed E-state index contributed by atoms with van der Waals surface area (Å²) in [5.74, 6) is 1.88. The average molecular weight is 362 g/mol. The largest absolute Gasteiger partial charge is 0.497 e. The fraction of sp³-hybridized carbons (Fsp3) is 0.556. The number of hydrogen-bond acceptors (Lipinski definition) is 6. The van der Waals surface area contributed by atoms with Gasteiger partial charge in [-0.2, -0.15) is 0 Å². The van der Waals surface area contributed by atoms with Crippen LogP contribution >= 0.6 is 11.8 Å². The highest BCUT2D eigenvalue weighted by Crippen LogP contribution is 2.21. The molecule has 0 N–H and O–H groups in total. The second-order valence-corrected chi connectivity index (χ2v) is 7.14. The van der Waals surface area contributed by atoms with E-state index in [0.717, 1.165) is 55.8 Å². The van der Waals surface area contributed by atoms with Gasteiger partial charge in [0.2, 0.25) is 0 Å². The molecule has 2 heterocycles. The van der Waals surface area contributed by atoms with Crippen molar-refractivity contribution in [3.63, 3.8) is 0 Å². The van der Waals surface area contributed by atoms with Crippen LogP contribution in [-0.4, -0.2) is 52.8 Å². The first-order valence-electron chi connectivity index (χ1n) is 8.58. The molecule has 1 aliphatic heterocycles. The second-order valence-electron chi connectivity index (χ2n) is 6.37. The predicted octanol–water partition coefficient (Wildman–Crippen LogP) is 2.82. The SMILES string of the molecule is COc1ccc(CN(C)Cc2nnc(SC)n2CC2CCCO2)cc1. The Balaban J connectivity index is 1.65. The lowest BCUT2D eigenvalue weighted by Crippen LogP contribution is -2.23. The smallest absolute Gasteiger partial charge is 0.191 e. The van der Waals surface area contributed by atoms with Crippen LogP contribution in [0.15, 0.2) is 29.4 Å². The van der Waals surface area contributed by atoms with E-state index >= 15 is 0 Å². The zero-order valence-electron chi connectivity index (χ0n) is 15.1. The van der Waals surface area contributed by atoms with E-state index in [1.54, 1.807) is 18.9 Å². The van der Waals surface area contributed by atoms with Gasteiger partial charge in [-0.25, -0.2) is 0 Å². The minimum atomic E-state index is 0.285. The minimum absolute atomic E-state index is 0.285. The van der Waals surface area contributed by atoms with Gasteiger partial charge in [0, 0.05) is 13.2 Å². The van der Waals surface area contributed by atoms with Crippen molar-refractivity contribution in [1.82, 2.24) is 19.7 Å². The van der Waals surface area contributed by atoms with Crippen molar-refractivity contribution >= 4 is 11.8 Å². The quantitative estimate of drug-likeness (QED) is 0.673. The van der Waals surface area contributed by atoms with Crippen molar-refractivity contribution in [3.05, 3.63) is 35.7 Å². The molecule has 0 spiro atoms. The van der Waals surface area contributed by atoms with Crippen molar-refractivity contribution < 1.29 is 9.47 Å². The Hall–Kier alpha value is -1.57. The Kier molecular flexibility index (Phi) is 6.34. The molecule has 0 saturated carbocycles. The summed E-state index contributed by atoms with van der Waals surface area (Å²) in [7, 11) is 3.79. The van der Waals surface area contributed by atoms with Gasteiger partial charge in [0.05, 0.1) is 26.3 Å². The van der Waals surface area contributed by atoms with E-state index in [1.165, 1.54) is 5.56 Å². The number of hydrogen-bond donors (Lipinski definition) is 0. The van der Waals surface area contributed by atoms with Crippen LogP contribution in [-0.2, 0) is 24.4 Å². The minimum Gasteiger partial charge on any atom is -0.497 e. The van der Waals surface area contributed by atoms with E-state index in [-0.39, 0.29) is 6.10 Å². The number of nitrogens with zero attached hydrogens (tertiary/aromatic N) is 4. The topological polar surface area (TPSA) is 52.4 Å². The lowest BCUT2D eigenvalue weighted by atomic mass is 10.2. The third-order valence-corrected chi connectivity index (χ3v) is 5.08. The number of aromatic nitrogens is 3. The van der Waals surface area contributed by atoms with E-state index in [2.05, 4.69) is 38.8 Å². The van der Waals surface area contributed by atoms with E-state index in [4.69, 9.17) is 9.47 Å². The fourth-order valence-electron chi connectivity index (χ4n) is 3.10. The highest BCUT2D eigenvalue weighted by Gasteiger charge is 2.21. The summed E-state index contributed by atoms with van der Waals surface area (Å²) in [6.45, 7) is 3.32. The van der Waals surface area contributed by atoms with E-state index in [1.807, 2.05) is 18.4 Å². The summed E-state index contributed by atoms with van der Waals surface area (Å²) in [5, 5.41) is 9.71. The van der Waals surface area contributed by atoms with Gasteiger partial charge in [0.15, 0.2) is 5.16 Å². The summed E-state index contributed by atoms with van der Waals surface area (Å²) in [4.78, 5) is 2.25.